The van der Waals surface area contributed by atoms with Gasteiger partial charge in [0.05, 0.1) is 21.1 Å². The number of amides is 1. The molecule has 1 aliphatic rings. The first-order valence-corrected chi connectivity index (χ1v) is 13.2. The van der Waals surface area contributed by atoms with Crippen molar-refractivity contribution < 1.29 is 4.79 Å². The Labute approximate surface area is 196 Å². The number of hydrogen-bond donors (Lipinski definition) is 0. The van der Waals surface area contributed by atoms with E-state index in [-0.39, 0.29) is 5.91 Å². The molecular weight excluding hydrogens is 470 g/mol. The van der Waals surface area contributed by atoms with Gasteiger partial charge in [-0.15, -0.1) is 11.3 Å². The predicted molar refractivity (Wildman–Crippen MR) is 135 cm³/mol. The molecule has 2 nitrogen and oxygen atoms in total. The average molecular weight is 488 g/mol. The van der Waals surface area contributed by atoms with E-state index in [0.717, 1.165) is 46.7 Å². The summed E-state index contributed by atoms with van der Waals surface area (Å²) in [6.07, 6.45) is 0. The summed E-state index contributed by atoms with van der Waals surface area (Å²) < 4.78 is 1.91. The number of aryl methyl sites for hydroxylation is 2. The van der Waals surface area contributed by atoms with Crippen molar-refractivity contribution >= 4 is 77.5 Å². The van der Waals surface area contributed by atoms with Gasteiger partial charge >= 0.3 is 0 Å². The molecule has 5 rings (SSSR count). The summed E-state index contributed by atoms with van der Waals surface area (Å²) >= 11 is 13.9. The Balaban J connectivity index is 1.81. The lowest BCUT2D eigenvalue weighted by Gasteiger charge is -2.43. The number of thiophene rings is 1. The maximum Gasteiger partial charge on any atom is 0.270 e. The Hall–Kier alpha value is -1.57. The molecule has 0 saturated carbocycles. The molecule has 1 aliphatic heterocycles. The molecule has 0 saturated heterocycles. The van der Waals surface area contributed by atoms with Crippen LogP contribution in [0.5, 0.6) is 0 Å². The Morgan fingerprint density at radius 3 is 2.60 bits per heavy atom. The molecule has 2 aromatic heterocycles. The van der Waals surface area contributed by atoms with Crippen molar-refractivity contribution in [2.45, 2.75) is 33.2 Å². The topological polar surface area (TPSA) is 20.3 Å². The van der Waals surface area contributed by atoms with Crippen LogP contribution in [0.25, 0.3) is 21.2 Å². The van der Waals surface area contributed by atoms with E-state index in [0.29, 0.717) is 9.90 Å². The minimum Gasteiger partial charge on any atom is -0.296 e. The zero-order valence-corrected chi connectivity index (χ0v) is 20.9. The molecule has 0 bridgehead atoms. The zero-order valence-electron chi connectivity index (χ0n) is 16.8. The van der Waals surface area contributed by atoms with E-state index >= 15 is 0 Å². The molecule has 0 radical (unpaired) electrons. The molecule has 0 spiro atoms. The fraction of sp³-hybridized carbons (Fsp3) is 0.217. The zero-order chi connectivity index (χ0) is 21.4. The number of nitrogens with zero attached hydrogens (tertiary/aromatic N) is 1. The lowest BCUT2D eigenvalue weighted by atomic mass is 9.85. The summed E-state index contributed by atoms with van der Waals surface area (Å²) in [5.41, 5.74) is 4.80. The largest absolute Gasteiger partial charge is 0.296 e. The van der Waals surface area contributed by atoms with Crippen LogP contribution in [-0.2, 0) is 5.54 Å². The van der Waals surface area contributed by atoms with E-state index in [1.165, 1.54) is 11.3 Å². The van der Waals surface area contributed by atoms with Gasteiger partial charge < -0.3 is 0 Å². The number of hydrogen-bond acceptors (Lipinski definition) is 5. The molecule has 4 aromatic rings. The van der Waals surface area contributed by atoms with Crippen LogP contribution in [0.1, 0.15) is 39.5 Å². The standard InChI is InChI=1S/C23H18ClNOS4/c1-11-9-12(2)18-14(10-11)16-20(29-30-22(16)27)23(3,4)25(18)21(26)19-17(24)13-7-5-6-8-15(13)28-19/h5-10H,1-4H3. The van der Waals surface area contributed by atoms with Gasteiger partial charge in [-0.1, -0.05) is 74.3 Å². The van der Waals surface area contributed by atoms with Crippen LogP contribution in [0.15, 0.2) is 36.4 Å². The Morgan fingerprint density at radius 1 is 1.13 bits per heavy atom. The van der Waals surface area contributed by atoms with E-state index in [4.69, 9.17) is 23.8 Å². The highest BCUT2D eigenvalue weighted by Gasteiger charge is 2.44. The first-order chi connectivity index (χ1) is 14.2. The molecule has 152 valence electrons. The number of rotatable bonds is 1. The Bertz CT molecular complexity index is 1410. The fourth-order valence-electron chi connectivity index (χ4n) is 4.33. The SMILES string of the molecule is Cc1cc(C)c2c(c1)-c1c(ssc1=S)C(C)(C)N2C(=O)c1sc2ccccc2c1Cl. The number of benzene rings is 2. The Morgan fingerprint density at radius 2 is 1.87 bits per heavy atom. The molecule has 0 atom stereocenters. The van der Waals surface area contributed by atoms with Crippen molar-refractivity contribution in [1.82, 2.24) is 0 Å². The quantitative estimate of drug-likeness (QED) is 0.198. The summed E-state index contributed by atoms with van der Waals surface area (Å²) in [5, 5.41) is 1.46. The second-order valence-electron chi connectivity index (χ2n) is 8.08. The molecule has 1 amide bonds. The first kappa shape index (κ1) is 20.3. The van der Waals surface area contributed by atoms with Gasteiger partial charge in [0.2, 0.25) is 0 Å². The van der Waals surface area contributed by atoms with Gasteiger partial charge in [-0.3, -0.25) is 9.69 Å². The lowest BCUT2D eigenvalue weighted by molar-refractivity contribution is 0.0965. The molecule has 0 fully saturated rings. The van der Waals surface area contributed by atoms with Crippen LogP contribution in [0.4, 0.5) is 5.69 Å². The highest BCUT2D eigenvalue weighted by atomic mass is 35.5. The fourth-order valence-corrected chi connectivity index (χ4v) is 9.06. The van der Waals surface area contributed by atoms with Crippen LogP contribution in [0.3, 0.4) is 0 Å². The normalized spacial score (nSPS) is 14.6. The molecule has 0 aliphatic carbocycles. The van der Waals surface area contributed by atoms with Crippen molar-refractivity contribution in [1.29, 1.82) is 0 Å². The van der Waals surface area contributed by atoms with Gasteiger partial charge in [-0.2, -0.15) is 0 Å². The third-order valence-corrected chi connectivity index (χ3v) is 10.6. The first-order valence-electron chi connectivity index (χ1n) is 9.48. The van der Waals surface area contributed by atoms with Crippen LogP contribution < -0.4 is 4.90 Å². The number of fused-ring (bicyclic) bond motifs is 4. The summed E-state index contributed by atoms with van der Waals surface area (Å²) in [7, 11) is 3.28. The third kappa shape index (κ3) is 2.78. The lowest BCUT2D eigenvalue weighted by Crippen LogP contribution is -2.48. The maximum atomic E-state index is 14.1. The molecule has 0 N–H and O–H groups in total. The van der Waals surface area contributed by atoms with Crippen molar-refractivity contribution in [3.05, 3.63) is 66.1 Å². The summed E-state index contributed by atoms with van der Waals surface area (Å²) in [6.45, 7) is 8.36. The van der Waals surface area contributed by atoms with E-state index in [2.05, 4.69) is 39.8 Å². The van der Waals surface area contributed by atoms with Gasteiger partial charge in [0.25, 0.3) is 5.91 Å². The Kier molecular flexibility index (Phi) is 4.73. The minimum atomic E-state index is -0.531. The minimum absolute atomic E-state index is 0.0608. The smallest absolute Gasteiger partial charge is 0.270 e. The monoisotopic (exact) mass is 487 g/mol. The van der Waals surface area contributed by atoms with Crippen LogP contribution in [0, 0.1) is 17.7 Å². The number of carbonyl (C=O) groups is 1. The molecular formula is C23H18ClNOS4. The van der Waals surface area contributed by atoms with Gasteiger partial charge in [-0.05, 0) is 45.4 Å². The number of halogens is 1. The summed E-state index contributed by atoms with van der Waals surface area (Å²) in [5.74, 6) is -0.0608. The van der Waals surface area contributed by atoms with Crippen molar-refractivity contribution in [2.75, 3.05) is 4.90 Å². The van der Waals surface area contributed by atoms with Gasteiger partial charge in [0.15, 0.2) is 0 Å². The summed E-state index contributed by atoms with van der Waals surface area (Å²) in [6, 6.07) is 12.2. The molecule has 0 unspecified atom stereocenters. The predicted octanol–water partition coefficient (Wildman–Crippen LogP) is 8.59. The van der Waals surface area contributed by atoms with Crippen LogP contribution in [0.2, 0.25) is 5.02 Å². The average Bonchev–Trinajstić information content (AvgIpc) is 3.24. The van der Waals surface area contributed by atoms with Gasteiger partial charge in [0.1, 0.15) is 8.70 Å². The van der Waals surface area contributed by atoms with Crippen LogP contribution in [-0.4, -0.2) is 5.91 Å². The van der Waals surface area contributed by atoms with E-state index < -0.39 is 5.54 Å². The number of anilines is 1. The van der Waals surface area contributed by atoms with Crippen molar-refractivity contribution in [3.8, 4) is 11.1 Å². The van der Waals surface area contributed by atoms with Gasteiger partial charge in [0, 0.05) is 21.2 Å². The van der Waals surface area contributed by atoms with Crippen molar-refractivity contribution in [2.24, 2.45) is 0 Å². The highest BCUT2D eigenvalue weighted by molar-refractivity contribution is 7.80. The van der Waals surface area contributed by atoms with Gasteiger partial charge in [-0.25, -0.2) is 0 Å². The van der Waals surface area contributed by atoms with Crippen LogP contribution >= 0.6 is 55.8 Å². The number of carbonyl (C=O) groups excluding carboxylic acids is 1. The third-order valence-electron chi connectivity index (χ3n) is 5.62. The molecule has 3 heterocycles. The van der Waals surface area contributed by atoms with Crippen molar-refractivity contribution in [3.63, 3.8) is 0 Å². The second kappa shape index (κ2) is 6.97. The van der Waals surface area contributed by atoms with E-state index in [9.17, 15) is 4.79 Å². The highest BCUT2D eigenvalue weighted by Crippen LogP contribution is 2.54. The maximum absolute atomic E-state index is 14.1. The van der Waals surface area contributed by atoms with E-state index in [1.54, 1.807) is 20.7 Å². The molecule has 7 heteroatoms. The molecule has 30 heavy (non-hydrogen) atoms. The molecule has 2 aromatic carbocycles. The summed E-state index contributed by atoms with van der Waals surface area (Å²) in [4.78, 5) is 17.7. The second-order valence-corrected chi connectivity index (χ2v) is 12.3. The van der Waals surface area contributed by atoms with E-state index in [1.807, 2.05) is 29.2 Å².